The number of ether oxygens (including phenoxy) is 3. The highest BCUT2D eigenvalue weighted by Crippen LogP contribution is 2.28. The molecule has 0 fully saturated rings. The largest absolute Gasteiger partial charge is 0.493 e. The fraction of sp³-hybridized carbons (Fsp3) is 0.333. The van der Waals surface area contributed by atoms with Gasteiger partial charge in [0.05, 0.1) is 20.3 Å². The minimum atomic E-state index is -0.0191. The van der Waals surface area contributed by atoms with Crippen molar-refractivity contribution in [2.45, 2.75) is 27.2 Å². The first-order valence-corrected chi connectivity index (χ1v) is 8.48. The van der Waals surface area contributed by atoms with Crippen molar-refractivity contribution >= 4 is 11.6 Å². The van der Waals surface area contributed by atoms with Crippen molar-refractivity contribution in [2.75, 3.05) is 20.3 Å². The van der Waals surface area contributed by atoms with Crippen LogP contribution in [-0.4, -0.2) is 31.9 Å². The van der Waals surface area contributed by atoms with Gasteiger partial charge in [0.2, 0.25) is 0 Å². The average molecular weight is 356 g/mol. The summed E-state index contributed by atoms with van der Waals surface area (Å²) in [5.41, 5.74) is 2.20. The lowest BCUT2D eigenvalue weighted by molar-refractivity contribution is 0.100. The molecule has 2 rings (SSSR count). The summed E-state index contributed by atoms with van der Waals surface area (Å²) in [6.07, 6.45) is 0.686. The molecule has 0 bridgehead atoms. The average Bonchev–Trinajstić information content (AvgIpc) is 2.62. The lowest BCUT2D eigenvalue weighted by Gasteiger charge is -2.13. The zero-order valence-electron chi connectivity index (χ0n) is 15.6. The molecule has 0 radical (unpaired) electrons. The number of aryl methyl sites for hydroxylation is 1. The molecule has 2 aromatic rings. The highest BCUT2D eigenvalue weighted by molar-refractivity contribution is 5.95. The molecule has 0 spiro atoms. The van der Waals surface area contributed by atoms with Crippen LogP contribution in [0.15, 0.2) is 36.4 Å². The zero-order chi connectivity index (χ0) is 19.1. The fourth-order valence-corrected chi connectivity index (χ4v) is 2.46. The predicted molar refractivity (Wildman–Crippen MR) is 99.8 cm³/mol. The molecule has 0 atom stereocenters. The second-order valence-electron chi connectivity index (χ2n) is 6.01. The SMILES string of the molecule is COc1cc(C(C)=O)ccc1OCCCOc1ccc(C(C)=O)cc1C. The van der Waals surface area contributed by atoms with Crippen molar-refractivity contribution in [1.29, 1.82) is 0 Å². The summed E-state index contributed by atoms with van der Waals surface area (Å²) < 4.78 is 16.7. The molecular formula is C21H24O5. The van der Waals surface area contributed by atoms with Crippen molar-refractivity contribution < 1.29 is 23.8 Å². The summed E-state index contributed by atoms with van der Waals surface area (Å²) >= 11 is 0. The summed E-state index contributed by atoms with van der Waals surface area (Å²) in [6.45, 7) is 5.93. The molecule has 0 saturated carbocycles. The van der Waals surface area contributed by atoms with Gasteiger partial charge in [0.1, 0.15) is 5.75 Å². The van der Waals surface area contributed by atoms with Crippen LogP contribution in [-0.2, 0) is 0 Å². The number of benzene rings is 2. The Balaban J connectivity index is 1.84. The molecule has 0 N–H and O–H groups in total. The van der Waals surface area contributed by atoms with E-state index < -0.39 is 0 Å². The topological polar surface area (TPSA) is 61.8 Å². The number of carbonyl (C=O) groups is 2. The van der Waals surface area contributed by atoms with Gasteiger partial charge in [0.25, 0.3) is 0 Å². The molecule has 5 heteroatoms. The van der Waals surface area contributed by atoms with E-state index in [-0.39, 0.29) is 11.6 Å². The number of carbonyl (C=O) groups excluding carboxylic acids is 2. The highest BCUT2D eigenvalue weighted by Gasteiger charge is 2.09. The van der Waals surface area contributed by atoms with Gasteiger partial charge in [-0.2, -0.15) is 0 Å². The van der Waals surface area contributed by atoms with Gasteiger partial charge < -0.3 is 14.2 Å². The first-order valence-electron chi connectivity index (χ1n) is 8.48. The van der Waals surface area contributed by atoms with Gasteiger partial charge in [-0.1, -0.05) is 0 Å². The molecule has 0 aliphatic heterocycles. The predicted octanol–water partition coefficient (Wildman–Crippen LogP) is 4.26. The van der Waals surface area contributed by atoms with E-state index in [2.05, 4.69) is 0 Å². The quantitative estimate of drug-likeness (QED) is 0.496. The lowest BCUT2D eigenvalue weighted by atomic mass is 10.1. The molecule has 26 heavy (non-hydrogen) atoms. The smallest absolute Gasteiger partial charge is 0.161 e. The fourth-order valence-electron chi connectivity index (χ4n) is 2.46. The van der Waals surface area contributed by atoms with E-state index in [0.717, 1.165) is 11.3 Å². The normalized spacial score (nSPS) is 10.3. The molecule has 0 aromatic heterocycles. The van der Waals surface area contributed by atoms with Crippen LogP contribution < -0.4 is 14.2 Å². The van der Waals surface area contributed by atoms with E-state index in [1.54, 1.807) is 38.3 Å². The van der Waals surface area contributed by atoms with Crippen LogP contribution >= 0.6 is 0 Å². The van der Waals surface area contributed by atoms with Crippen LogP contribution in [0.4, 0.5) is 0 Å². The summed E-state index contributed by atoms with van der Waals surface area (Å²) in [4.78, 5) is 22.8. The third kappa shape index (κ3) is 5.09. The number of methoxy groups -OCH3 is 1. The summed E-state index contributed by atoms with van der Waals surface area (Å²) in [6, 6.07) is 10.5. The molecule has 0 saturated heterocycles. The molecule has 2 aromatic carbocycles. The molecule has 0 amide bonds. The van der Waals surface area contributed by atoms with Crippen molar-refractivity contribution in [3.8, 4) is 17.2 Å². The van der Waals surface area contributed by atoms with E-state index in [0.29, 0.717) is 42.3 Å². The third-order valence-corrected chi connectivity index (χ3v) is 3.96. The van der Waals surface area contributed by atoms with Crippen LogP contribution in [0.5, 0.6) is 17.2 Å². The minimum absolute atomic E-state index is 0.0191. The number of hydrogen-bond donors (Lipinski definition) is 0. The van der Waals surface area contributed by atoms with Crippen LogP contribution in [0.1, 0.15) is 46.5 Å². The molecule has 138 valence electrons. The van der Waals surface area contributed by atoms with Gasteiger partial charge in [-0.25, -0.2) is 0 Å². The maximum absolute atomic E-state index is 11.4. The molecule has 0 heterocycles. The Morgan fingerprint density at radius 3 is 1.88 bits per heavy atom. The van der Waals surface area contributed by atoms with Gasteiger partial charge in [-0.15, -0.1) is 0 Å². The Bertz CT molecular complexity index is 795. The van der Waals surface area contributed by atoms with Crippen LogP contribution in [0.25, 0.3) is 0 Å². The maximum atomic E-state index is 11.4. The first kappa shape index (κ1) is 19.5. The van der Waals surface area contributed by atoms with Crippen molar-refractivity contribution in [3.63, 3.8) is 0 Å². The first-order chi connectivity index (χ1) is 12.4. The van der Waals surface area contributed by atoms with E-state index >= 15 is 0 Å². The number of rotatable bonds is 9. The molecule has 0 aliphatic carbocycles. The van der Waals surface area contributed by atoms with Crippen molar-refractivity contribution in [1.82, 2.24) is 0 Å². The standard InChI is InChI=1S/C21H24O5/c1-14-12-17(15(2)22)6-8-19(14)25-10-5-11-26-20-9-7-18(16(3)23)13-21(20)24-4/h6-9,12-13H,5,10-11H2,1-4H3. The van der Waals surface area contributed by atoms with Gasteiger partial charge in [0, 0.05) is 17.5 Å². The van der Waals surface area contributed by atoms with Crippen LogP contribution in [0, 0.1) is 6.92 Å². The van der Waals surface area contributed by atoms with Gasteiger partial charge >= 0.3 is 0 Å². The van der Waals surface area contributed by atoms with Crippen LogP contribution in [0.3, 0.4) is 0 Å². The van der Waals surface area contributed by atoms with E-state index in [1.165, 1.54) is 6.92 Å². The molecule has 0 aliphatic rings. The molecule has 0 unspecified atom stereocenters. The summed E-state index contributed by atoms with van der Waals surface area (Å²) in [5, 5.41) is 0. The highest BCUT2D eigenvalue weighted by atomic mass is 16.5. The molecule has 5 nitrogen and oxygen atoms in total. The Morgan fingerprint density at radius 1 is 0.808 bits per heavy atom. The Hall–Kier alpha value is -2.82. The van der Waals surface area contributed by atoms with E-state index in [9.17, 15) is 9.59 Å². The Morgan fingerprint density at radius 2 is 1.35 bits per heavy atom. The second kappa shape index (κ2) is 9.04. The van der Waals surface area contributed by atoms with Crippen molar-refractivity contribution in [2.24, 2.45) is 0 Å². The summed E-state index contributed by atoms with van der Waals surface area (Å²) in [7, 11) is 1.54. The minimum Gasteiger partial charge on any atom is -0.493 e. The van der Waals surface area contributed by atoms with Crippen molar-refractivity contribution in [3.05, 3.63) is 53.1 Å². The molecular weight excluding hydrogens is 332 g/mol. The van der Waals surface area contributed by atoms with Gasteiger partial charge in [-0.3, -0.25) is 9.59 Å². The maximum Gasteiger partial charge on any atom is 0.161 e. The Labute approximate surface area is 153 Å². The number of ketones is 2. The summed E-state index contributed by atoms with van der Waals surface area (Å²) in [5.74, 6) is 1.92. The van der Waals surface area contributed by atoms with E-state index in [4.69, 9.17) is 14.2 Å². The Kier molecular flexibility index (Phi) is 6.78. The monoisotopic (exact) mass is 356 g/mol. The third-order valence-electron chi connectivity index (χ3n) is 3.96. The van der Waals surface area contributed by atoms with E-state index in [1.807, 2.05) is 19.1 Å². The lowest BCUT2D eigenvalue weighted by Crippen LogP contribution is -2.07. The number of Topliss-reactive ketones (excluding diaryl/α,β-unsaturated/α-hetero) is 2. The van der Waals surface area contributed by atoms with Gasteiger partial charge in [-0.05, 0) is 62.7 Å². The number of hydrogen-bond acceptors (Lipinski definition) is 5. The second-order valence-corrected chi connectivity index (χ2v) is 6.01. The van der Waals surface area contributed by atoms with Gasteiger partial charge in [0.15, 0.2) is 23.1 Å². The van der Waals surface area contributed by atoms with Crippen LogP contribution in [0.2, 0.25) is 0 Å². The zero-order valence-corrected chi connectivity index (χ0v) is 15.6.